The predicted octanol–water partition coefficient (Wildman–Crippen LogP) is 3.51. The normalized spacial score (nSPS) is 11.0. The number of hydrogen-bond donors (Lipinski definition) is 1. The molecule has 1 N–H and O–H groups in total. The van der Waals surface area contributed by atoms with Crippen LogP contribution in [0.2, 0.25) is 0 Å². The molecule has 0 aliphatic heterocycles. The molecule has 0 aliphatic rings. The van der Waals surface area contributed by atoms with E-state index in [0.29, 0.717) is 16.5 Å². The molecular weight excluding hydrogens is 461 g/mol. The van der Waals surface area contributed by atoms with Gasteiger partial charge in [-0.2, -0.15) is 0 Å². The van der Waals surface area contributed by atoms with Crippen LogP contribution in [-0.4, -0.2) is 30.8 Å². The molecule has 0 aliphatic carbocycles. The molecule has 10 heteroatoms. The van der Waals surface area contributed by atoms with Crippen LogP contribution in [0.15, 0.2) is 75.3 Å². The monoisotopic (exact) mass is 473 g/mol. The Bertz CT molecular complexity index is 1260. The fourth-order valence-electron chi connectivity index (χ4n) is 2.66. The number of amides is 1. The second kappa shape index (κ2) is 8.18. The van der Waals surface area contributed by atoms with Gasteiger partial charge < -0.3 is 5.32 Å². The Hall–Kier alpha value is -2.98. The number of rotatable bonds is 5. The van der Waals surface area contributed by atoms with Gasteiger partial charge in [-0.05, 0) is 42.5 Å². The topological polar surface area (TPSA) is 81.3 Å². The highest BCUT2D eigenvalue weighted by molar-refractivity contribution is 9.10. The van der Waals surface area contributed by atoms with Crippen molar-refractivity contribution < 1.29 is 9.18 Å². The Morgan fingerprint density at radius 1 is 1.14 bits per heavy atom. The first-order chi connectivity index (χ1) is 14.0. The van der Waals surface area contributed by atoms with Crippen molar-refractivity contribution in [2.24, 2.45) is 0 Å². The Kier molecular flexibility index (Phi) is 5.45. The maximum atomic E-state index is 13.2. The summed E-state index contributed by atoms with van der Waals surface area (Å²) in [6.45, 7) is 0. The van der Waals surface area contributed by atoms with Crippen LogP contribution >= 0.6 is 27.7 Å². The fraction of sp³-hybridized carbons (Fsp3) is 0.0526. The predicted molar refractivity (Wildman–Crippen MR) is 112 cm³/mol. The van der Waals surface area contributed by atoms with Crippen LogP contribution in [0.1, 0.15) is 0 Å². The molecule has 0 spiro atoms. The van der Waals surface area contributed by atoms with E-state index in [1.165, 1.54) is 27.2 Å². The van der Waals surface area contributed by atoms with Gasteiger partial charge in [0.1, 0.15) is 5.82 Å². The maximum absolute atomic E-state index is 13.2. The lowest BCUT2D eigenvalue weighted by molar-refractivity contribution is -0.113. The van der Waals surface area contributed by atoms with Gasteiger partial charge in [0, 0.05) is 28.2 Å². The summed E-state index contributed by atoms with van der Waals surface area (Å²) in [7, 11) is 0. The molecule has 4 aromatic rings. The minimum atomic E-state index is -0.430. The summed E-state index contributed by atoms with van der Waals surface area (Å²) in [4.78, 5) is 24.8. The fourth-order valence-corrected chi connectivity index (χ4v) is 3.64. The summed E-state index contributed by atoms with van der Waals surface area (Å²) < 4.78 is 17.1. The molecule has 0 saturated carbocycles. The Morgan fingerprint density at radius 3 is 2.69 bits per heavy atom. The zero-order chi connectivity index (χ0) is 20.4. The van der Waals surface area contributed by atoms with Crippen LogP contribution in [0.25, 0.3) is 11.3 Å². The van der Waals surface area contributed by atoms with E-state index in [1.54, 1.807) is 18.5 Å². The molecule has 0 atom stereocenters. The van der Waals surface area contributed by atoms with Crippen LogP contribution < -0.4 is 10.9 Å². The lowest BCUT2D eigenvalue weighted by atomic mass is 10.3. The molecule has 0 fully saturated rings. The lowest BCUT2D eigenvalue weighted by Gasteiger charge is -2.07. The number of hydrogen-bond acceptors (Lipinski definition) is 5. The quantitative estimate of drug-likeness (QED) is 0.448. The van der Waals surface area contributed by atoms with E-state index in [4.69, 9.17) is 0 Å². The van der Waals surface area contributed by atoms with Crippen molar-refractivity contribution in [1.82, 2.24) is 19.2 Å². The summed E-state index contributed by atoms with van der Waals surface area (Å²) >= 11 is 4.49. The van der Waals surface area contributed by atoms with Gasteiger partial charge in [-0.15, -0.1) is 10.2 Å². The number of anilines is 1. The molecule has 0 unspecified atom stereocenters. The van der Waals surface area contributed by atoms with E-state index in [0.717, 1.165) is 16.2 Å². The summed E-state index contributed by atoms with van der Waals surface area (Å²) in [5.74, 6) is -0.714. The maximum Gasteiger partial charge on any atom is 0.300 e. The highest BCUT2D eigenvalue weighted by atomic mass is 79.9. The molecule has 2 heterocycles. The highest BCUT2D eigenvalue weighted by Crippen LogP contribution is 2.18. The third kappa shape index (κ3) is 4.22. The third-order valence-corrected chi connectivity index (χ3v) is 5.46. The molecule has 0 radical (unpaired) electrons. The van der Waals surface area contributed by atoms with Gasteiger partial charge in [-0.25, -0.2) is 4.39 Å². The largest absolute Gasteiger partial charge is 0.325 e. The van der Waals surface area contributed by atoms with Crippen molar-refractivity contribution in [2.75, 3.05) is 11.1 Å². The molecule has 0 saturated heterocycles. The molecule has 146 valence electrons. The second-order valence-electron chi connectivity index (χ2n) is 5.97. The van der Waals surface area contributed by atoms with Crippen LogP contribution in [-0.2, 0) is 4.79 Å². The van der Waals surface area contributed by atoms with Crippen molar-refractivity contribution in [3.63, 3.8) is 0 Å². The smallest absolute Gasteiger partial charge is 0.300 e. The van der Waals surface area contributed by atoms with E-state index < -0.39 is 5.82 Å². The summed E-state index contributed by atoms with van der Waals surface area (Å²) in [5, 5.41) is 11.0. The first-order valence-corrected chi connectivity index (χ1v) is 10.2. The summed E-state index contributed by atoms with van der Waals surface area (Å²) in [6.07, 6.45) is 3.30. The average molecular weight is 474 g/mol. The van der Waals surface area contributed by atoms with Gasteiger partial charge in [-0.3, -0.25) is 18.6 Å². The van der Waals surface area contributed by atoms with Crippen molar-refractivity contribution in [3.8, 4) is 5.69 Å². The Labute approximate surface area is 176 Å². The zero-order valence-electron chi connectivity index (χ0n) is 14.8. The number of nitrogens with zero attached hydrogens (tertiary/aromatic N) is 4. The third-order valence-electron chi connectivity index (χ3n) is 3.98. The van der Waals surface area contributed by atoms with Crippen molar-refractivity contribution in [3.05, 3.63) is 81.6 Å². The van der Waals surface area contributed by atoms with Crippen molar-refractivity contribution >= 4 is 44.9 Å². The van der Waals surface area contributed by atoms with Crippen molar-refractivity contribution in [2.45, 2.75) is 5.16 Å². The number of carbonyl (C=O) groups excluding carboxylic acids is 1. The van der Waals surface area contributed by atoms with Crippen LogP contribution in [0.5, 0.6) is 0 Å². The molecule has 1 amide bonds. The van der Waals surface area contributed by atoms with E-state index >= 15 is 0 Å². The Balaban J connectivity index is 1.52. The summed E-state index contributed by atoms with van der Waals surface area (Å²) in [6, 6.07) is 13.0. The summed E-state index contributed by atoms with van der Waals surface area (Å²) in [5.41, 5.74) is 0.910. The average Bonchev–Trinajstić information content (AvgIpc) is 3.12. The van der Waals surface area contributed by atoms with Gasteiger partial charge in [0.15, 0.2) is 5.16 Å². The van der Waals surface area contributed by atoms with Crippen LogP contribution in [0.4, 0.5) is 10.1 Å². The Morgan fingerprint density at radius 2 is 1.93 bits per heavy atom. The molecule has 2 aromatic heterocycles. The van der Waals surface area contributed by atoms with Gasteiger partial charge in [0.25, 0.3) is 0 Å². The highest BCUT2D eigenvalue weighted by Gasteiger charge is 2.13. The molecule has 7 nitrogen and oxygen atoms in total. The van der Waals surface area contributed by atoms with Crippen molar-refractivity contribution in [1.29, 1.82) is 0 Å². The SMILES string of the molecule is O=C(CSc1nnc2c(=O)n(-c3ccc(Br)cc3)ccn12)Nc1cccc(F)c1. The number of nitrogens with one attached hydrogen (secondary N) is 1. The van der Waals surface area contributed by atoms with E-state index in [9.17, 15) is 14.0 Å². The zero-order valence-corrected chi connectivity index (χ0v) is 17.2. The number of thioether (sulfide) groups is 1. The minimum Gasteiger partial charge on any atom is -0.325 e. The molecular formula is C19H13BrFN5O2S. The first-order valence-electron chi connectivity index (χ1n) is 8.42. The van der Waals surface area contributed by atoms with Gasteiger partial charge in [-0.1, -0.05) is 33.8 Å². The number of benzene rings is 2. The first kappa shape index (κ1) is 19.3. The van der Waals surface area contributed by atoms with Gasteiger partial charge in [0.05, 0.1) is 5.75 Å². The van der Waals surface area contributed by atoms with Gasteiger partial charge >= 0.3 is 5.56 Å². The van der Waals surface area contributed by atoms with Crippen LogP contribution in [0, 0.1) is 5.82 Å². The molecule has 0 bridgehead atoms. The molecule has 4 rings (SSSR count). The molecule has 2 aromatic carbocycles. The van der Waals surface area contributed by atoms with Gasteiger partial charge in [0.2, 0.25) is 11.6 Å². The minimum absolute atomic E-state index is 0.0348. The number of aromatic nitrogens is 4. The number of fused-ring (bicyclic) bond motifs is 1. The van der Waals surface area contributed by atoms with Crippen LogP contribution in [0.3, 0.4) is 0 Å². The van der Waals surface area contributed by atoms with E-state index in [2.05, 4.69) is 31.4 Å². The number of halogens is 2. The lowest BCUT2D eigenvalue weighted by Crippen LogP contribution is -2.20. The second-order valence-corrected chi connectivity index (χ2v) is 7.83. The van der Waals surface area contributed by atoms with E-state index in [1.807, 2.05) is 24.3 Å². The van der Waals surface area contributed by atoms with E-state index in [-0.39, 0.29) is 22.9 Å². The molecule has 29 heavy (non-hydrogen) atoms. The standard InChI is InChI=1S/C19H13BrFN5O2S/c20-12-4-6-15(7-5-12)25-8-9-26-17(18(25)28)23-24-19(26)29-11-16(27)22-14-3-1-2-13(21)10-14/h1-10H,11H2,(H,22,27). The number of carbonyl (C=O) groups is 1.